The summed E-state index contributed by atoms with van der Waals surface area (Å²) in [7, 11) is 0. The topological polar surface area (TPSA) is 33.1 Å². The molecular formula is C11H9ClFNOS. The molecule has 0 saturated heterocycles. The lowest BCUT2D eigenvalue weighted by Crippen LogP contribution is -2.01. The van der Waals surface area contributed by atoms with Gasteiger partial charge < -0.3 is 5.11 Å². The second-order valence-electron chi connectivity index (χ2n) is 3.34. The van der Waals surface area contributed by atoms with Gasteiger partial charge in [0.25, 0.3) is 0 Å². The summed E-state index contributed by atoms with van der Waals surface area (Å²) in [6.45, 7) is 0. The second kappa shape index (κ2) is 4.91. The Labute approximate surface area is 101 Å². The van der Waals surface area contributed by atoms with Crippen LogP contribution in [0.1, 0.15) is 16.7 Å². The Morgan fingerprint density at radius 1 is 1.50 bits per heavy atom. The van der Waals surface area contributed by atoms with Crippen molar-refractivity contribution >= 4 is 22.9 Å². The van der Waals surface area contributed by atoms with Gasteiger partial charge in [-0.25, -0.2) is 9.37 Å². The minimum atomic E-state index is -0.694. The Morgan fingerprint density at radius 3 is 2.94 bits per heavy atom. The second-order valence-corrected chi connectivity index (χ2v) is 4.67. The van der Waals surface area contributed by atoms with Crippen molar-refractivity contribution < 1.29 is 9.50 Å². The molecule has 1 atom stereocenters. The van der Waals surface area contributed by atoms with Crippen LogP contribution in [0.4, 0.5) is 4.39 Å². The molecule has 1 N–H and O–H groups in total. The molecule has 0 amide bonds. The van der Waals surface area contributed by atoms with E-state index in [0.717, 1.165) is 0 Å². The quantitative estimate of drug-likeness (QED) is 0.916. The predicted octanol–water partition coefficient (Wildman–Crippen LogP) is 3.21. The number of aliphatic hydroxyl groups is 1. The average Bonchev–Trinajstić information content (AvgIpc) is 2.77. The van der Waals surface area contributed by atoms with Gasteiger partial charge in [-0.1, -0.05) is 17.7 Å². The first kappa shape index (κ1) is 11.5. The molecule has 0 fully saturated rings. The van der Waals surface area contributed by atoms with Crippen molar-refractivity contribution in [1.82, 2.24) is 4.98 Å². The zero-order chi connectivity index (χ0) is 11.5. The normalized spacial score (nSPS) is 12.7. The van der Waals surface area contributed by atoms with E-state index < -0.39 is 11.9 Å². The van der Waals surface area contributed by atoms with Gasteiger partial charge in [-0.2, -0.15) is 0 Å². The van der Waals surface area contributed by atoms with Crippen LogP contribution in [-0.4, -0.2) is 10.1 Å². The highest BCUT2D eigenvalue weighted by Crippen LogP contribution is 2.22. The Kier molecular flexibility index (Phi) is 3.53. The lowest BCUT2D eigenvalue weighted by Gasteiger charge is -2.07. The number of rotatable bonds is 3. The largest absolute Gasteiger partial charge is 0.386 e. The summed E-state index contributed by atoms with van der Waals surface area (Å²) in [6, 6.07) is 4.52. The summed E-state index contributed by atoms with van der Waals surface area (Å²) in [5, 5.41) is 12.3. The number of hydrogen-bond acceptors (Lipinski definition) is 3. The zero-order valence-electron chi connectivity index (χ0n) is 8.23. The number of nitrogens with zero attached hydrogens (tertiary/aromatic N) is 1. The smallest absolute Gasteiger partial charge is 0.142 e. The van der Waals surface area contributed by atoms with Crippen LogP contribution in [0, 0.1) is 5.82 Å². The molecule has 2 aromatic rings. The third kappa shape index (κ3) is 2.58. The Morgan fingerprint density at radius 2 is 2.31 bits per heavy atom. The van der Waals surface area contributed by atoms with Gasteiger partial charge >= 0.3 is 0 Å². The van der Waals surface area contributed by atoms with Crippen LogP contribution in [0.2, 0.25) is 5.02 Å². The summed E-state index contributed by atoms with van der Waals surface area (Å²) in [6.07, 6.45) is 1.27. The van der Waals surface area contributed by atoms with E-state index in [1.54, 1.807) is 17.6 Å². The van der Waals surface area contributed by atoms with E-state index in [9.17, 15) is 9.50 Å². The van der Waals surface area contributed by atoms with Crippen molar-refractivity contribution in [2.24, 2.45) is 0 Å². The van der Waals surface area contributed by atoms with E-state index in [-0.39, 0.29) is 5.02 Å². The summed E-state index contributed by atoms with van der Waals surface area (Å²) in [5.41, 5.74) is 0.699. The molecule has 2 rings (SSSR count). The molecule has 0 aliphatic rings. The van der Waals surface area contributed by atoms with Crippen molar-refractivity contribution in [3.63, 3.8) is 0 Å². The van der Waals surface area contributed by atoms with E-state index >= 15 is 0 Å². The van der Waals surface area contributed by atoms with Crippen molar-refractivity contribution in [2.45, 2.75) is 12.5 Å². The zero-order valence-corrected chi connectivity index (χ0v) is 9.80. The van der Waals surface area contributed by atoms with Crippen LogP contribution >= 0.6 is 22.9 Å². The molecule has 2 nitrogen and oxygen atoms in total. The van der Waals surface area contributed by atoms with Gasteiger partial charge in [-0.15, -0.1) is 11.3 Å². The molecule has 0 spiro atoms. The van der Waals surface area contributed by atoms with Crippen molar-refractivity contribution in [3.8, 4) is 0 Å². The maximum atomic E-state index is 13.1. The fraction of sp³-hybridized carbons (Fsp3) is 0.182. The molecule has 0 radical (unpaired) electrons. The lowest BCUT2D eigenvalue weighted by atomic mass is 10.1. The van der Waals surface area contributed by atoms with Gasteiger partial charge in [0.2, 0.25) is 0 Å². The van der Waals surface area contributed by atoms with E-state index in [1.165, 1.54) is 23.5 Å². The molecule has 1 aromatic heterocycles. The molecule has 5 heteroatoms. The molecule has 0 aliphatic heterocycles. The molecule has 16 heavy (non-hydrogen) atoms. The third-order valence-electron chi connectivity index (χ3n) is 2.15. The molecule has 1 unspecified atom stereocenters. The van der Waals surface area contributed by atoms with Crippen LogP contribution in [0.15, 0.2) is 29.8 Å². The van der Waals surface area contributed by atoms with E-state index in [1.807, 2.05) is 0 Å². The highest BCUT2D eigenvalue weighted by Gasteiger charge is 2.12. The van der Waals surface area contributed by atoms with E-state index in [4.69, 9.17) is 11.6 Å². The minimum absolute atomic E-state index is 0.0903. The summed E-state index contributed by atoms with van der Waals surface area (Å²) >= 11 is 6.95. The highest BCUT2D eigenvalue weighted by molar-refractivity contribution is 7.09. The van der Waals surface area contributed by atoms with Crippen LogP contribution in [0.3, 0.4) is 0 Å². The number of hydrogen-bond donors (Lipinski definition) is 1. The van der Waals surface area contributed by atoms with Crippen molar-refractivity contribution in [2.75, 3.05) is 0 Å². The number of thiazole rings is 1. The number of aliphatic hydroxyl groups excluding tert-OH is 1. The van der Waals surface area contributed by atoms with Crippen molar-refractivity contribution in [1.29, 1.82) is 0 Å². The molecule has 1 heterocycles. The molecule has 0 aliphatic carbocycles. The first-order chi connectivity index (χ1) is 7.66. The number of aromatic nitrogens is 1. The molecule has 0 bridgehead atoms. The van der Waals surface area contributed by atoms with Crippen LogP contribution < -0.4 is 0 Å². The lowest BCUT2D eigenvalue weighted by molar-refractivity contribution is 0.178. The molecule has 0 saturated carbocycles. The Balaban J connectivity index is 2.12. The van der Waals surface area contributed by atoms with Crippen LogP contribution in [0.25, 0.3) is 0 Å². The molecule has 84 valence electrons. The first-order valence-electron chi connectivity index (χ1n) is 4.68. The van der Waals surface area contributed by atoms with Gasteiger partial charge in [0.1, 0.15) is 16.9 Å². The molecular weight excluding hydrogens is 249 g/mol. The fourth-order valence-electron chi connectivity index (χ4n) is 1.38. The summed E-state index contributed by atoms with van der Waals surface area (Å²) in [5.74, 6) is -0.467. The SMILES string of the molecule is OC(Cc1ccc(Cl)c(F)c1)c1nccs1. The fourth-order valence-corrected chi connectivity index (χ4v) is 2.12. The van der Waals surface area contributed by atoms with Crippen LogP contribution in [0.5, 0.6) is 0 Å². The van der Waals surface area contributed by atoms with Crippen molar-refractivity contribution in [3.05, 3.63) is 51.2 Å². The van der Waals surface area contributed by atoms with Gasteiger partial charge in [-0.3, -0.25) is 0 Å². The van der Waals surface area contributed by atoms with Gasteiger partial charge in [0.15, 0.2) is 0 Å². The number of benzene rings is 1. The van der Waals surface area contributed by atoms with Gasteiger partial charge in [-0.05, 0) is 17.7 Å². The first-order valence-corrected chi connectivity index (χ1v) is 5.94. The van der Waals surface area contributed by atoms with E-state index in [2.05, 4.69) is 4.98 Å². The Hall–Kier alpha value is -0.970. The summed E-state index contributed by atoms with van der Waals surface area (Å²) in [4.78, 5) is 4.00. The highest BCUT2D eigenvalue weighted by atomic mass is 35.5. The maximum Gasteiger partial charge on any atom is 0.142 e. The van der Waals surface area contributed by atoms with E-state index in [0.29, 0.717) is 17.0 Å². The monoisotopic (exact) mass is 257 g/mol. The number of halogens is 2. The Bertz CT molecular complexity index is 475. The third-order valence-corrected chi connectivity index (χ3v) is 3.33. The predicted molar refractivity (Wildman–Crippen MR) is 62.2 cm³/mol. The molecule has 1 aromatic carbocycles. The maximum absolute atomic E-state index is 13.1. The van der Waals surface area contributed by atoms with Crippen LogP contribution in [-0.2, 0) is 6.42 Å². The van der Waals surface area contributed by atoms with Gasteiger partial charge in [0, 0.05) is 18.0 Å². The standard InChI is InChI=1S/C11H9ClFNOS/c12-8-2-1-7(5-9(8)13)6-10(15)11-14-3-4-16-11/h1-5,10,15H,6H2. The minimum Gasteiger partial charge on any atom is -0.386 e. The summed E-state index contributed by atoms with van der Waals surface area (Å²) < 4.78 is 13.1. The average molecular weight is 258 g/mol. The van der Waals surface area contributed by atoms with Gasteiger partial charge in [0.05, 0.1) is 5.02 Å².